The zero-order valence-corrected chi connectivity index (χ0v) is 39.7. The van der Waals surface area contributed by atoms with Gasteiger partial charge in [-0.25, -0.2) is 19.6 Å². The molecule has 2 aromatic heterocycles. The van der Waals surface area contributed by atoms with Gasteiger partial charge in [0.1, 0.15) is 58.7 Å². The van der Waals surface area contributed by atoms with Gasteiger partial charge in [0.15, 0.2) is 11.4 Å². The van der Waals surface area contributed by atoms with Gasteiger partial charge in [0, 0.05) is 43.5 Å². The zero-order valence-electron chi connectivity index (χ0n) is 38.2. The quantitative estimate of drug-likeness (QED) is 0.0911. The van der Waals surface area contributed by atoms with Crippen LogP contribution in [0.2, 0.25) is 5.02 Å². The number of carbonyl (C=O) groups is 4. The number of nitrogens with one attached hydrogen (secondary N) is 3. The Balaban J connectivity index is 1.35. The van der Waals surface area contributed by atoms with Crippen molar-refractivity contribution in [1.82, 2.24) is 25.5 Å². The summed E-state index contributed by atoms with van der Waals surface area (Å²) in [7, 11) is 4.31. The highest BCUT2D eigenvalue weighted by atomic mass is 35.5. The largest absolute Gasteiger partial charge is 0.488 e. The standard InChI is InChI=1S/C45H63ClN6O10S/c1-12-26-19-45(26,41(55)59-11)51-39(53)32-17-28(20-52(32)40(54)38(44(6,7)8)50-43(56)62-27-15-24(4)25(5)16-27)61-34-18-30(31-22-63-42(49-31)47-23(2)3)48-37-29(34)13-14-33(36(37)46)60-21-35(57-9)58-10/h13-14,18,22-28,32,35,38H,12,15-17,19-21H2,1-11H3,(H,47,49)(H,50,56)(H,51,53)/t24-,25+,26-,27+,28-,32+,38-,45-/m1/s1. The number of methoxy groups -OCH3 is 3. The average Bonchev–Trinajstić information content (AvgIpc) is 3.48. The van der Waals surface area contributed by atoms with Crippen LogP contribution in [0.3, 0.4) is 0 Å². The van der Waals surface area contributed by atoms with Crippen molar-refractivity contribution in [2.75, 3.05) is 39.8 Å². The summed E-state index contributed by atoms with van der Waals surface area (Å²) in [5.41, 5.74) is -0.574. The molecular weight excluding hydrogens is 852 g/mol. The number of hydrogen-bond donors (Lipinski definition) is 3. The summed E-state index contributed by atoms with van der Waals surface area (Å²) < 4.78 is 34.4. The third-order valence-corrected chi connectivity index (χ3v) is 13.6. The third-order valence-electron chi connectivity index (χ3n) is 12.5. The molecule has 63 heavy (non-hydrogen) atoms. The van der Waals surface area contributed by atoms with Crippen LogP contribution in [0.25, 0.3) is 22.3 Å². The number of carbonyl (C=O) groups excluding carboxylic acids is 4. The molecule has 1 saturated heterocycles. The van der Waals surface area contributed by atoms with Crippen LogP contribution in [0.5, 0.6) is 11.5 Å². The van der Waals surface area contributed by atoms with Crippen LogP contribution >= 0.6 is 22.9 Å². The molecule has 3 aromatic rings. The number of nitrogens with zero attached hydrogens (tertiary/aromatic N) is 3. The van der Waals surface area contributed by atoms with Crippen molar-refractivity contribution in [2.45, 2.75) is 130 Å². The number of likely N-dealkylation sites (tertiary alicyclic amines) is 1. The molecule has 3 amide bonds. The van der Waals surface area contributed by atoms with Gasteiger partial charge in [-0.1, -0.05) is 59.6 Å². The summed E-state index contributed by atoms with van der Waals surface area (Å²) in [5, 5.41) is 12.5. The number of anilines is 1. The number of aromatic nitrogens is 2. The number of ether oxygens (including phenoxy) is 6. The summed E-state index contributed by atoms with van der Waals surface area (Å²) in [6.45, 7) is 15.8. The minimum absolute atomic E-state index is 0.0248. The highest BCUT2D eigenvalue weighted by molar-refractivity contribution is 7.14. The highest BCUT2D eigenvalue weighted by Gasteiger charge is 2.62. The SMILES string of the molecule is CC[C@@H]1C[C@]1(NC(=O)[C@@H]1C[C@@H](Oc2cc(-c3csc(NC(C)C)n3)nc3c(Cl)c(OCC(OC)OC)ccc23)CN1C(=O)[C@@H](NC(=O)O[C@H]1C[C@@H](C)[C@@H](C)C1)C(C)(C)C)C(=O)OC. The first kappa shape index (κ1) is 48.0. The van der Waals surface area contributed by atoms with Crippen molar-refractivity contribution in [3.8, 4) is 22.9 Å². The Hall–Kier alpha value is -4.45. The monoisotopic (exact) mass is 914 g/mol. The van der Waals surface area contributed by atoms with E-state index in [0.29, 0.717) is 63.6 Å². The second kappa shape index (κ2) is 19.7. The topological polar surface area (TPSA) is 189 Å². The summed E-state index contributed by atoms with van der Waals surface area (Å²) in [6.07, 6.45) is 0.271. The van der Waals surface area contributed by atoms with E-state index in [1.807, 2.05) is 46.9 Å². The third kappa shape index (κ3) is 10.7. The molecule has 2 saturated carbocycles. The smallest absolute Gasteiger partial charge is 0.408 e. The number of benzene rings is 1. The maximum atomic E-state index is 14.9. The number of hydrogen-bond acceptors (Lipinski definition) is 14. The van der Waals surface area contributed by atoms with E-state index in [1.54, 1.807) is 18.2 Å². The van der Waals surface area contributed by atoms with E-state index in [0.717, 1.165) is 12.8 Å². The molecule has 16 nitrogen and oxygen atoms in total. The molecule has 2 aliphatic carbocycles. The lowest BCUT2D eigenvalue weighted by Gasteiger charge is -2.35. The van der Waals surface area contributed by atoms with E-state index in [-0.39, 0.29) is 42.7 Å². The molecule has 1 aromatic carbocycles. The van der Waals surface area contributed by atoms with Crippen molar-refractivity contribution in [1.29, 1.82) is 0 Å². The lowest BCUT2D eigenvalue weighted by atomic mass is 9.85. The summed E-state index contributed by atoms with van der Waals surface area (Å²) in [5.74, 6) is -0.141. The predicted octanol–water partition coefficient (Wildman–Crippen LogP) is 7.21. The summed E-state index contributed by atoms with van der Waals surface area (Å²) >= 11 is 8.47. The van der Waals surface area contributed by atoms with Gasteiger partial charge in [-0.15, -0.1) is 11.3 Å². The molecule has 3 heterocycles. The van der Waals surface area contributed by atoms with Crippen LogP contribution in [0.15, 0.2) is 23.6 Å². The molecule has 3 aliphatic rings. The molecule has 1 aliphatic heterocycles. The average molecular weight is 916 g/mol. The normalized spacial score (nSPS) is 25.0. The molecule has 0 spiro atoms. The predicted molar refractivity (Wildman–Crippen MR) is 240 cm³/mol. The molecule has 3 N–H and O–H groups in total. The van der Waals surface area contributed by atoms with E-state index in [1.165, 1.54) is 37.6 Å². The molecule has 8 atom stereocenters. The first-order valence-corrected chi connectivity index (χ1v) is 23.0. The molecule has 0 bridgehead atoms. The van der Waals surface area contributed by atoms with Crippen LogP contribution in [-0.2, 0) is 33.3 Å². The Kier molecular flexibility index (Phi) is 15.0. The molecule has 346 valence electrons. The molecule has 0 unspecified atom stereocenters. The van der Waals surface area contributed by atoms with E-state index < -0.39 is 59.3 Å². The number of halogens is 1. The minimum Gasteiger partial charge on any atom is -0.488 e. The summed E-state index contributed by atoms with van der Waals surface area (Å²) in [6, 6.07) is 3.25. The maximum absolute atomic E-state index is 14.9. The number of amides is 3. The second-order valence-electron chi connectivity index (χ2n) is 18.5. The van der Waals surface area contributed by atoms with Gasteiger partial charge in [-0.05, 0) is 68.4 Å². The van der Waals surface area contributed by atoms with Gasteiger partial charge in [0.05, 0.1) is 24.9 Å². The molecular formula is C45H63ClN6O10S. The van der Waals surface area contributed by atoms with E-state index in [9.17, 15) is 19.2 Å². The zero-order chi connectivity index (χ0) is 46.0. The van der Waals surface area contributed by atoms with Gasteiger partial charge in [-0.2, -0.15) is 0 Å². The fourth-order valence-electron chi connectivity index (χ4n) is 8.56. The van der Waals surface area contributed by atoms with Gasteiger partial charge in [0.25, 0.3) is 0 Å². The molecule has 18 heteroatoms. The van der Waals surface area contributed by atoms with E-state index in [4.69, 9.17) is 50.0 Å². The Morgan fingerprint density at radius 3 is 2.29 bits per heavy atom. The lowest BCUT2D eigenvalue weighted by molar-refractivity contribution is -0.148. The fraction of sp³-hybridized carbons (Fsp3) is 0.644. The summed E-state index contributed by atoms with van der Waals surface area (Å²) in [4.78, 5) is 67.1. The minimum atomic E-state index is -1.20. The number of rotatable bonds is 17. The first-order chi connectivity index (χ1) is 29.8. The van der Waals surface area contributed by atoms with Crippen LogP contribution in [0, 0.1) is 23.2 Å². The lowest BCUT2D eigenvalue weighted by Crippen LogP contribution is -2.59. The van der Waals surface area contributed by atoms with Crippen molar-refractivity contribution in [2.24, 2.45) is 23.2 Å². The van der Waals surface area contributed by atoms with Crippen LogP contribution in [0.4, 0.5) is 9.93 Å². The van der Waals surface area contributed by atoms with Crippen LogP contribution in [-0.4, -0.2) is 115 Å². The Morgan fingerprint density at radius 2 is 1.68 bits per heavy atom. The van der Waals surface area contributed by atoms with Crippen LogP contribution in [0.1, 0.15) is 87.5 Å². The number of thiazole rings is 1. The Labute approximate surface area is 378 Å². The van der Waals surface area contributed by atoms with E-state index in [2.05, 4.69) is 29.8 Å². The van der Waals surface area contributed by atoms with Crippen LogP contribution < -0.4 is 25.4 Å². The number of alkyl carbamates (subject to hydrolysis) is 1. The molecule has 6 rings (SSSR count). The number of esters is 1. The van der Waals surface area contributed by atoms with Gasteiger partial charge in [-0.3, -0.25) is 9.59 Å². The molecule has 0 radical (unpaired) electrons. The van der Waals surface area contributed by atoms with Crippen molar-refractivity contribution < 1.29 is 47.6 Å². The number of fused-ring (bicyclic) bond motifs is 1. The van der Waals surface area contributed by atoms with Gasteiger partial charge < -0.3 is 49.3 Å². The highest BCUT2D eigenvalue weighted by Crippen LogP contribution is 2.47. The number of pyridine rings is 1. The fourth-order valence-corrected chi connectivity index (χ4v) is 9.68. The van der Waals surface area contributed by atoms with Gasteiger partial charge >= 0.3 is 12.1 Å². The maximum Gasteiger partial charge on any atom is 0.408 e. The Morgan fingerprint density at radius 1 is 0.984 bits per heavy atom. The van der Waals surface area contributed by atoms with Crippen molar-refractivity contribution in [3.63, 3.8) is 0 Å². The van der Waals surface area contributed by atoms with Crippen molar-refractivity contribution >= 4 is 62.8 Å². The second-order valence-corrected chi connectivity index (χ2v) is 19.7. The van der Waals surface area contributed by atoms with Gasteiger partial charge in [0.2, 0.25) is 11.8 Å². The van der Waals surface area contributed by atoms with Crippen molar-refractivity contribution in [3.05, 3.63) is 28.6 Å². The Bertz CT molecular complexity index is 2130. The first-order valence-electron chi connectivity index (χ1n) is 21.7. The van der Waals surface area contributed by atoms with E-state index >= 15 is 0 Å². The molecule has 3 fully saturated rings.